The Hall–Kier alpha value is -1.82. The molecule has 1 N–H and O–H groups in total. The summed E-state index contributed by atoms with van der Waals surface area (Å²) in [5, 5.41) is 3.15. The van der Waals surface area contributed by atoms with Gasteiger partial charge in [-0.05, 0) is 12.1 Å². The van der Waals surface area contributed by atoms with Gasteiger partial charge in [0.2, 0.25) is 5.91 Å². The lowest BCUT2D eigenvalue weighted by Gasteiger charge is -2.35. The van der Waals surface area contributed by atoms with Crippen molar-refractivity contribution in [1.29, 1.82) is 0 Å². The topological polar surface area (TPSA) is 65.8 Å². The van der Waals surface area contributed by atoms with Crippen LogP contribution < -0.4 is 5.32 Å². The minimum absolute atomic E-state index is 0.0761. The van der Waals surface area contributed by atoms with Gasteiger partial charge in [-0.1, -0.05) is 6.92 Å². The minimum atomic E-state index is -0.471. The van der Waals surface area contributed by atoms with Gasteiger partial charge in [0.05, 0.1) is 0 Å². The molecule has 2 amide bonds. The van der Waals surface area contributed by atoms with Crippen molar-refractivity contribution in [1.82, 2.24) is 15.1 Å². The van der Waals surface area contributed by atoms with Crippen molar-refractivity contribution in [3.8, 4) is 0 Å². The van der Waals surface area contributed by atoms with Crippen LogP contribution in [0.25, 0.3) is 0 Å². The number of piperazine rings is 1. The number of hydrogen-bond acceptors (Lipinski definition) is 4. The number of likely N-dealkylation sites (N-methyl/N-ethyl adjacent to an activating group) is 1. The highest BCUT2D eigenvalue weighted by atomic mass is 16.4. The van der Waals surface area contributed by atoms with E-state index in [0.717, 1.165) is 12.2 Å². The van der Waals surface area contributed by atoms with E-state index in [1.807, 2.05) is 6.92 Å². The summed E-state index contributed by atoms with van der Waals surface area (Å²) < 4.78 is 5.50. The zero-order valence-corrected chi connectivity index (χ0v) is 12.2. The third-order valence-corrected chi connectivity index (χ3v) is 3.45. The smallest absolute Gasteiger partial charge is 0.290 e. The lowest BCUT2D eigenvalue weighted by atomic mass is 10.1. The maximum absolute atomic E-state index is 12.5. The highest BCUT2D eigenvalue weighted by Crippen LogP contribution is 2.15. The summed E-state index contributed by atoms with van der Waals surface area (Å²) >= 11 is 0. The van der Waals surface area contributed by atoms with Gasteiger partial charge in [0, 0.05) is 40.2 Å². The predicted octanol–water partition coefficient (Wildman–Crippen LogP) is 0.344. The fourth-order valence-electron chi connectivity index (χ4n) is 2.29. The molecule has 0 bridgehead atoms. The van der Waals surface area contributed by atoms with Crippen LogP contribution in [0.5, 0.6) is 0 Å². The average molecular weight is 279 g/mol. The molecule has 0 aliphatic carbocycles. The van der Waals surface area contributed by atoms with Gasteiger partial charge in [-0.15, -0.1) is 0 Å². The molecule has 1 aliphatic heterocycles. The van der Waals surface area contributed by atoms with E-state index in [1.54, 1.807) is 31.1 Å². The third-order valence-electron chi connectivity index (χ3n) is 3.45. The fraction of sp³-hybridized carbons (Fsp3) is 0.571. The summed E-state index contributed by atoms with van der Waals surface area (Å²) in [6.07, 6.45) is 0.745. The number of aryl methyl sites for hydroxylation is 1. The second-order valence-corrected chi connectivity index (χ2v) is 5.07. The van der Waals surface area contributed by atoms with Crippen LogP contribution in [0.3, 0.4) is 0 Å². The molecule has 1 aliphatic rings. The molecule has 0 spiro atoms. The molecule has 20 heavy (non-hydrogen) atoms. The van der Waals surface area contributed by atoms with Crippen molar-refractivity contribution >= 4 is 11.8 Å². The fourth-order valence-corrected chi connectivity index (χ4v) is 2.29. The summed E-state index contributed by atoms with van der Waals surface area (Å²) in [5.74, 6) is 0.790. The molecule has 6 heteroatoms. The molecular weight excluding hydrogens is 258 g/mol. The summed E-state index contributed by atoms with van der Waals surface area (Å²) in [6, 6.07) is 3.01. The Morgan fingerprint density at radius 2 is 2.20 bits per heavy atom. The van der Waals surface area contributed by atoms with Crippen LogP contribution in [-0.4, -0.2) is 61.4 Å². The Morgan fingerprint density at radius 1 is 1.45 bits per heavy atom. The van der Waals surface area contributed by atoms with Gasteiger partial charge in [0.25, 0.3) is 5.91 Å². The summed E-state index contributed by atoms with van der Waals surface area (Å²) in [6.45, 7) is 3.63. The van der Waals surface area contributed by atoms with E-state index in [9.17, 15) is 9.59 Å². The number of nitrogens with one attached hydrogen (secondary N) is 1. The molecule has 110 valence electrons. The summed E-state index contributed by atoms with van der Waals surface area (Å²) in [4.78, 5) is 27.8. The molecule has 2 heterocycles. The third kappa shape index (κ3) is 2.85. The van der Waals surface area contributed by atoms with Crippen molar-refractivity contribution in [3.63, 3.8) is 0 Å². The SMILES string of the molecule is CCc1ccc(C(=O)N2CCNCC2C(=O)N(C)C)o1. The van der Waals surface area contributed by atoms with E-state index in [2.05, 4.69) is 5.32 Å². The molecule has 1 atom stereocenters. The lowest BCUT2D eigenvalue weighted by Crippen LogP contribution is -2.59. The van der Waals surface area contributed by atoms with Crippen molar-refractivity contribution < 1.29 is 14.0 Å². The zero-order chi connectivity index (χ0) is 14.7. The van der Waals surface area contributed by atoms with Crippen molar-refractivity contribution in [2.45, 2.75) is 19.4 Å². The first-order valence-electron chi connectivity index (χ1n) is 6.86. The Morgan fingerprint density at radius 3 is 2.80 bits per heavy atom. The molecular formula is C14H21N3O3. The molecule has 0 aromatic carbocycles. The second-order valence-electron chi connectivity index (χ2n) is 5.07. The van der Waals surface area contributed by atoms with Crippen LogP contribution >= 0.6 is 0 Å². The number of carbonyl (C=O) groups is 2. The molecule has 1 saturated heterocycles. The molecule has 6 nitrogen and oxygen atoms in total. The molecule has 2 rings (SSSR count). The average Bonchev–Trinajstić information content (AvgIpc) is 2.94. The highest BCUT2D eigenvalue weighted by molar-refractivity contribution is 5.95. The predicted molar refractivity (Wildman–Crippen MR) is 74.5 cm³/mol. The highest BCUT2D eigenvalue weighted by Gasteiger charge is 2.34. The first-order valence-corrected chi connectivity index (χ1v) is 6.86. The van der Waals surface area contributed by atoms with Gasteiger partial charge in [0.1, 0.15) is 11.8 Å². The Kier molecular flexibility index (Phi) is 4.44. The largest absolute Gasteiger partial charge is 0.456 e. The van der Waals surface area contributed by atoms with E-state index in [-0.39, 0.29) is 11.8 Å². The molecule has 0 radical (unpaired) electrons. The summed E-state index contributed by atoms with van der Waals surface area (Å²) in [7, 11) is 3.39. The Labute approximate surface area is 118 Å². The maximum Gasteiger partial charge on any atom is 0.290 e. The van der Waals surface area contributed by atoms with E-state index in [0.29, 0.717) is 25.4 Å². The number of rotatable bonds is 3. The maximum atomic E-state index is 12.5. The molecule has 1 aromatic rings. The van der Waals surface area contributed by atoms with Crippen LogP contribution in [0.15, 0.2) is 16.5 Å². The van der Waals surface area contributed by atoms with Crippen LogP contribution in [0.1, 0.15) is 23.2 Å². The van der Waals surface area contributed by atoms with Gasteiger partial charge in [0.15, 0.2) is 5.76 Å². The van der Waals surface area contributed by atoms with Gasteiger partial charge in [-0.25, -0.2) is 0 Å². The Balaban J connectivity index is 2.19. The van der Waals surface area contributed by atoms with E-state index in [1.165, 1.54) is 4.90 Å². The monoisotopic (exact) mass is 279 g/mol. The number of carbonyl (C=O) groups excluding carboxylic acids is 2. The number of hydrogen-bond donors (Lipinski definition) is 1. The lowest BCUT2D eigenvalue weighted by molar-refractivity contribution is -0.134. The molecule has 1 aromatic heterocycles. The van der Waals surface area contributed by atoms with E-state index < -0.39 is 6.04 Å². The van der Waals surface area contributed by atoms with Crippen LogP contribution in [-0.2, 0) is 11.2 Å². The van der Waals surface area contributed by atoms with Gasteiger partial charge < -0.3 is 19.5 Å². The van der Waals surface area contributed by atoms with Crippen LogP contribution in [0.2, 0.25) is 0 Å². The molecule has 0 saturated carbocycles. The van der Waals surface area contributed by atoms with Gasteiger partial charge in [-0.3, -0.25) is 9.59 Å². The number of amides is 2. The quantitative estimate of drug-likeness (QED) is 0.867. The van der Waals surface area contributed by atoms with Crippen molar-refractivity contribution in [2.75, 3.05) is 33.7 Å². The van der Waals surface area contributed by atoms with Crippen LogP contribution in [0, 0.1) is 0 Å². The normalized spacial score (nSPS) is 18.9. The standard InChI is InChI=1S/C14H21N3O3/c1-4-10-5-6-12(20-10)14(19)17-8-7-15-9-11(17)13(18)16(2)3/h5-6,11,15H,4,7-9H2,1-3H3. The molecule has 1 unspecified atom stereocenters. The first kappa shape index (κ1) is 14.6. The van der Waals surface area contributed by atoms with E-state index >= 15 is 0 Å². The van der Waals surface area contributed by atoms with Crippen LogP contribution in [0.4, 0.5) is 0 Å². The minimum Gasteiger partial charge on any atom is -0.456 e. The van der Waals surface area contributed by atoms with Crippen molar-refractivity contribution in [2.24, 2.45) is 0 Å². The van der Waals surface area contributed by atoms with Crippen molar-refractivity contribution in [3.05, 3.63) is 23.7 Å². The second kappa shape index (κ2) is 6.09. The van der Waals surface area contributed by atoms with E-state index in [4.69, 9.17) is 4.42 Å². The first-order chi connectivity index (χ1) is 9.54. The molecule has 1 fully saturated rings. The summed E-state index contributed by atoms with van der Waals surface area (Å²) in [5.41, 5.74) is 0. The number of furan rings is 1. The zero-order valence-electron chi connectivity index (χ0n) is 12.2. The Bertz CT molecular complexity index is 496. The van der Waals surface area contributed by atoms with Gasteiger partial charge in [-0.2, -0.15) is 0 Å². The number of nitrogens with zero attached hydrogens (tertiary/aromatic N) is 2. The van der Waals surface area contributed by atoms with Gasteiger partial charge >= 0.3 is 0 Å².